The molecule has 178 valence electrons. The third kappa shape index (κ3) is 4.83. The molecule has 8 heteroatoms. The monoisotopic (exact) mass is 460 g/mol. The van der Waals surface area contributed by atoms with E-state index in [0.717, 1.165) is 60.9 Å². The van der Waals surface area contributed by atoms with Crippen LogP contribution in [0.1, 0.15) is 48.7 Å². The van der Waals surface area contributed by atoms with Gasteiger partial charge in [0, 0.05) is 67.1 Å². The zero-order chi connectivity index (χ0) is 23.5. The Labute approximate surface area is 199 Å². The molecule has 4 heterocycles. The molecule has 0 bridgehead atoms. The van der Waals surface area contributed by atoms with Crippen LogP contribution in [-0.2, 0) is 17.8 Å². The van der Waals surface area contributed by atoms with Crippen molar-refractivity contribution in [1.82, 2.24) is 24.6 Å². The first-order valence-corrected chi connectivity index (χ1v) is 12.1. The second kappa shape index (κ2) is 9.95. The third-order valence-corrected chi connectivity index (χ3v) is 6.74. The van der Waals surface area contributed by atoms with Crippen LogP contribution in [0, 0.1) is 0 Å². The SMILES string of the molecule is COCCCCn1ncc2cc(C(=O)Nc3cc4[nH]c(CN5CCC[C@@H]5C)cc4cn3)ccc21. The Hall–Kier alpha value is -3.23. The van der Waals surface area contributed by atoms with E-state index >= 15 is 0 Å². The fourth-order valence-corrected chi connectivity index (χ4v) is 4.79. The predicted molar refractivity (Wildman–Crippen MR) is 134 cm³/mol. The Bertz CT molecular complexity index is 1290. The number of nitrogens with zero attached hydrogens (tertiary/aromatic N) is 4. The molecule has 1 saturated heterocycles. The van der Waals surface area contributed by atoms with Crippen LogP contribution in [0.5, 0.6) is 0 Å². The summed E-state index contributed by atoms with van der Waals surface area (Å²) in [6.07, 6.45) is 8.15. The van der Waals surface area contributed by atoms with Crippen molar-refractivity contribution >= 4 is 33.5 Å². The number of H-pyrrole nitrogens is 1. The number of aromatic amines is 1. The van der Waals surface area contributed by atoms with Gasteiger partial charge in [0.25, 0.3) is 5.91 Å². The Balaban J connectivity index is 1.26. The van der Waals surface area contributed by atoms with Crippen molar-refractivity contribution in [1.29, 1.82) is 0 Å². The van der Waals surface area contributed by atoms with E-state index < -0.39 is 0 Å². The summed E-state index contributed by atoms with van der Waals surface area (Å²) in [7, 11) is 1.72. The number of likely N-dealkylation sites (tertiary alicyclic amines) is 1. The van der Waals surface area contributed by atoms with Crippen molar-refractivity contribution in [3.05, 3.63) is 54.0 Å². The number of rotatable bonds is 9. The zero-order valence-corrected chi connectivity index (χ0v) is 19.9. The van der Waals surface area contributed by atoms with Crippen molar-refractivity contribution in [3.63, 3.8) is 0 Å². The largest absolute Gasteiger partial charge is 0.385 e. The van der Waals surface area contributed by atoms with Gasteiger partial charge in [-0.15, -0.1) is 0 Å². The smallest absolute Gasteiger partial charge is 0.256 e. The van der Waals surface area contributed by atoms with Gasteiger partial charge in [-0.2, -0.15) is 5.10 Å². The molecular formula is C26H32N6O2. The molecule has 34 heavy (non-hydrogen) atoms. The third-order valence-electron chi connectivity index (χ3n) is 6.74. The Kier molecular flexibility index (Phi) is 6.60. The van der Waals surface area contributed by atoms with Crippen molar-refractivity contribution in [3.8, 4) is 0 Å². The lowest BCUT2D eigenvalue weighted by Crippen LogP contribution is -2.26. The second-order valence-electron chi connectivity index (χ2n) is 9.21. The molecule has 1 aliphatic rings. The van der Waals surface area contributed by atoms with E-state index in [-0.39, 0.29) is 5.91 Å². The fraction of sp³-hybridized carbons (Fsp3) is 0.423. The maximum absolute atomic E-state index is 12.9. The molecule has 0 aliphatic carbocycles. The number of carbonyl (C=O) groups is 1. The van der Waals surface area contributed by atoms with Gasteiger partial charge < -0.3 is 15.0 Å². The van der Waals surface area contributed by atoms with Crippen molar-refractivity contribution in [2.45, 2.75) is 51.7 Å². The maximum Gasteiger partial charge on any atom is 0.256 e. The summed E-state index contributed by atoms with van der Waals surface area (Å²) in [4.78, 5) is 23.4. The van der Waals surface area contributed by atoms with Gasteiger partial charge in [0.15, 0.2) is 0 Å². The van der Waals surface area contributed by atoms with Crippen LogP contribution < -0.4 is 5.32 Å². The Morgan fingerprint density at radius 1 is 1.21 bits per heavy atom. The van der Waals surface area contributed by atoms with Crippen LogP contribution in [0.25, 0.3) is 21.8 Å². The van der Waals surface area contributed by atoms with Gasteiger partial charge in [-0.25, -0.2) is 4.98 Å². The summed E-state index contributed by atoms with van der Waals surface area (Å²) in [6, 6.07) is 10.4. The zero-order valence-electron chi connectivity index (χ0n) is 19.9. The first-order valence-electron chi connectivity index (χ1n) is 12.1. The summed E-state index contributed by atoms with van der Waals surface area (Å²) in [5.41, 5.74) is 3.78. The normalized spacial score (nSPS) is 16.6. The highest BCUT2D eigenvalue weighted by Gasteiger charge is 2.20. The molecule has 1 amide bonds. The topological polar surface area (TPSA) is 88.1 Å². The Morgan fingerprint density at radius 3 is 2.94 bits per heavy atom. The van der Waals surface area contributed by atoms with E-state index in [1.165, 1.54) is 18.5 Å². The number of amides is 1. The van der Waals surface area contributed by atoms with E-state index in [0.29, 0.717) is 17.4 Å². The molecule has 8 nitrogen and oxygen atoms in total. The summed E-state index contributed by atoms with van der Waals surface area (Å²) in [5, 5.41) is 9.42. The van der Waals surface area contributed by atoms with Crippen LogP contribution in [0.3, 0.4) is 0 Å². The summed E-state index contributed by atoms with van der Waals surface area (Å²) in [6.45, 7) is 5.93. The number of ether oxygens (including phenoxy) is 1. The number of nitrogens with one attached hydrogen (secondary N) is 2. The minimum absolute atomic E-state index is 0.181. The molecule has 0 saturated carbocycles. The van der Waals surface area contributed by atoms with Crippen molar-refractivity contribution in [2.24, 2.45) is 0 Å². The lowest BCUT2D eigenvalue weighted by Gasteiger charge is -2.19. The van der Waals surface area contributed by atoms with E-state index in [4.69, 9.17) is 4.74 Å². The second-order valence-corrected chi connectivity index (χ2v) is 9.21. The lowest BCUT2D eigenvalue weighted by molar-refractivity contribution is 0.102. The van der Waals surface area contributed by atoms with E-state index in [1.54, 1.807) is 7.11 Å². The average molecular weight is 461 g/mol. The standard InChI is InChI=1S/C26H32N6O2/c1-18-6-5-9-31(18)17-22-13-20-15-27-25(14-23(20)29-22)30-26(33)19-7-8-24-21(12-19)16-28-32(24)10-3-4-11-34-2/h7-8,12-16,18,29H,3-6,9-11,17H2,1-2H3,(H,27,30,33)/t18-/m0/s1. The van der Waals surface area contributed by atoms with Gasteiger partial charge in [-0.1, -0.05) is 0 Å². The van der Waals surface area contributed by atoms with Gasteiger partial charge in [-0.05, 0) is 63.4 Å². The highest BCUT2D eigenvalue weighted by molar-refractivity contribution is 6.06. The molecule has 5 rings (SSSR count). The molecule has 0 radical (unpaired) electrons. The number of anilines is 1. The molecule has 1 atom stereocenters. The molecule has 1 aromatic carbocycles. The molecule has 4 aromatic rings. The summed E-state index contributed by atoms with van der Waals surface area (Å²) in [5.74, 6) is 0.355. The summed E-state index contributed by atoms with van der Waals surface area (Å²) < 4.78 is 7.09. The highest BCUT2D eigenvalue weighted by Crippen LogP contribution is 2.23. The minimum Gasteiger partial charge on any atom is -0.385 e. The number of aryl methyl sites for hydroxylation is 1. The molecular weight excluding hydrogens is 428 g/mol. The number of methoxy groups -OCH3 is 1. The average Bonchev–Trinajstić information content (AvgIpc) is 3.55. The lowest BCUT2D eigenvalue weighted by atomic mass is 10.1. The molecule has 1 aliphatic heterocycles. The number of carbonyl (C=O) groups excluding carboxylic acids is 1. The maximum atomic E-state index is 12.9. The molecule has 1 fully saturated rings. The van der Waals surface area contributed by atoms with Crippen LogP contribution in [0.2, 0.25) is 0 Å². The molecule has 2 N–H and O–H groups in total. The molecule has 0 spiro atoms. The number of fused-ring (bicyclic) bond motifs is 2. The van der Waals surface area contributed by atoms with E-state index in [2.05, 4.69) is 38.3 Å². The first kappa shape index (κ1) is 22.6. The first-order chi connectivity index (χ1) is 16.6. The number of hydrogen-bond donors (Lipinski definition) is 2. The van der Waals surface area contributed by atoms with Gasteiger partial charge in [0.2, 0.25) is 0 Å². The quantitative estimate of drug-likeness (QED) is 0.357. The van der Waals surface area contributed by atoms with Crippen molar-refractivity contribution in [2.75, 3.05) is 25.6 Å². The van der Waals surface area contributed by atoms with Crippen LogP contribution in [0.4, 0.5) is 5.82 Å². The highest BCUT2D eigenvalue weighted by atomic mass is 16.5. The number of hydrogen-bond acceptors (Lipinski definition) is 5. The number of unbranched alkanes of at least 4 members (excludes halogenated alkanes) is 1. The molecule has 0 unspecified atom stereocenters. The van der Waals surface area contributed by atoms with Gasteiger partial charge >= 0.3 is 0 Å². The van der Waals surface area contributed by atoms with E-state index in [1.807, 2.05) is 41.3 Å². The van der Waals surface area contributed by atoms with Gasteiger partial charge in [-0.3, -0.25) is 14.4 Å². The van der Waals surface area contributed by atoms with Crippen LogP contribution in [0.15, 0.2) is 42.7 Å². The number of pyridine rings is 1. The van der Waals surface area contributed by atoms with Gasteiger partial charge in [0.05, 0.1) is 17.2 Å². The number of aromatic nitrogens is 4. The van der Waals surface area contributed by atoms with Crippen LogP contribution in [-0.4, -0.2) is 56.9 Å². The minimum atomic E-state index is -0.181. The summed E-state index contributed by atoms with van der Waals surface area (Å²) >= 11 is 0. The number of benzene rings is 1. The van der Waals surface area contributed by atoms with Crippen molar-refractivity contribution < 1.29 is 9.53 Å². The predicted octanol–water partition coefficient (Wildman–Crippen LogP) is 4.58. The fourth-order valence-electron chi connectivity index (χ4n) is 4.79. The Morgan fingerprint density at radius 2 is 2.12 bits per heavy atom. The van der Waals surface area contributed by atoms with Gasteiger partial charge in [0.1, 0.15) is 5.82 Å². The van der Waals surface area contributed by atoms with E-state index in [9.17, 15) is 4.79 Å². The molecule has 3 aromatic heterocycles. The van der Waals surface area contributed by atoms with Crippen LogP contribution >= 0.6 is 0 Å².